The van der Waals surface area contributed by atoms with Gasteiger partial charge in [-0.05, 0) is 12.0 Å². The van der Waals surface area contributed by atoms with E-state index >= 15 is 0 Å². The Labute approximate surface area is 145 Å². The second-order valence-corrected chi connectivity index (χ2v) is 6.53. The standard InChI is InChI=1S/C17H21N5O3/c1-20(16-18-9-15(10-19-16)22(24)25)12-17(23)7-8-21(13-17)11-14-5-3-2-4-6-14/h2-6,9-10,23H,7-8,11-13H2,1H3. The van der Waals surface area contributed by atoms with E-state index in [0.717, 1.165) is 13.1 Å². The zero-order valence-electron chi connectivity index (χ0n) is 14.1. The summed E-state index contributed by atoms with van der Waals surface area (Å²) in [6, 6.07) is 10.2. The van der Waals surface area contributed by atoms with Gasteiger partial charge in [-0.3, -0.25) is 15.0 Å². The van der Waals surface area contributed by atoms with Crippen LogP contribution in [0, 0.1) is 10.1 Å². The third-order valence-corrected chi connectivity index (χ3v) is 4.37. The van der Waals surface area contributed by atoms with Crippen LogP contribution in [0.25, 0.3) is 0 Å². The number of benzene rings is 1. The Balaban J connectivity index is 1.59. The Morgan fingerprint density at radius 2 is 2.00 bits per heavy atom. The van der Waals surface area contributed by atoms with Crippen LogP contribution in [0.1, 0.15) is 12.0 Å². The molecule has 1 saturated heterocycles. The molecule has 0 bridgehead atoms. The van der Waals surface area contributed by atoms with Crippen LogP contribution in [0.15, 0.2) is 42.7 Å². The zero-order valence-corrected chi connectivity index (χ0v) is 14.1. The number of aromatic nitrogens is 2. The molecule has 0 aliphatic carbocycles. The number of rotatable bonds is 6. The first kappa shape index (κ1) is 17.2. The molecule has 0 radical (unpaired) electrons. The van der Waals surface area contributed by atoms with E-state index in [-0.39, 0.29) is 5.69 Å². The van der Waals surface area contributed by atoms with Gasteiger partial charge in [-0.15, -0.1) is 0 Å². The topological polar surface area (TPSA) is 95.6 Å². The summed E-state index contributed by atoms with van der Waals surface area (Å²) >= 11 is 0. The summed E-state index contributed by atoms with van der Waals surface area (Å²) in [5.41, 5.74) is 0.221. The van der Waals surface area contributed by atoms with Crippen molar-refractivity contribution in [3.63, 3.8) is 0 Å². The molecule has 1 fully saturated rings. The minimum absolute atomic E-state index is 0.147. The monoisotopic (exact) mass is 343 g/mol. The SMILES string of the molecule is CN(CC1(O)CCN(Cc2ccccc2)C1)c1ncc([N+](=O)[O-])cn1. The minimum atomic E-state index is -0.853. The van der Waals surface area contributed by atoms with Crippen molar-refractivity contribution < 1.29 is 10.0 Å². The molecule has 1 aromatic carbocycles. The molecule has 1 aromatic heterocycles. The summed E-state index contributed by atoms with van der Waals surface area (Å²) < 4.78 is 0. The second kappa shape index (κ2) is 7.12. The number of nitrogens with zero attached hydrogens (tertiary/aromatic N) is 5. The number of nitro groups is 1. The highest BCUT2D eigenvalue weighted by Gasteiger charge is 2.37. The highest BCUT2D eigenvalue weighted by Crippen LogP contribution is 2.25. The average molecular weight is 343 g/mol. The first-order chi connectivity index (χ1) is 12.0. The lowest BCUT2D eigenvalue weighted by Crippen LogP contribution is -2.44. The molecule has 2 heterocycles. The number of β-amino-alcohol motifs (C(OH)–C–C–N with tert-alkyl or cyclic N) is 1. The second-order valence-electron chi connectivity index (χ2n) is 6.53. The maximum absolute atomic E-state index is 10.9. The molecule has 1 unspecified atom stereocenters. The summed E-state index contributed by atoms with van der Waals surface area (Å²) in [5, 5.41) is 21.5. The summed E-state index contributed by atoms with van der Waals surface area (Å²) in [6.45, 7) is 2.57. The lowest BCUT2D eigenvalue weighted by atomic mass is 10.0. The van der Waals surface area contributed by atoms with Gasteiger partial charge in [-0.1, -0.05) is 30.3 Å². The first-order valence-corrected chi connectivity index (χ1v) is 8.11. The van der Waals surface area contributed by atoms with Crippen LogP contribution < -0.4 is 4.90 Å². The van der Waals surface area contributed by atoms with Gasteiger partial charge in [-0.25, -0.2) is 9.97 Å². The number of aliphatic hydroxyl groups is 1. The van der Waals surface area contributed by atoms with Crippen molar-refractivity contribution in [2.75, 3.05) is 31.6 Å². The van der Waals surface area contributed by atoms with Crippen LogP contribution in [0.2, 0.25) is 0 Å². The number of likely N-dealkylation sites (N-methyl/N-ethyl adjacent to an activating group) is 1. The number of likely N-dealkylation sites (tertiary alicyclic amines) is 1. The van der Waals surface area contributed by atoms with E-state index in [2.05, 4.69) is 27.0 Å². The van der Waals surface area contributed by atoms with Gasteiger partial charge in [0.1, 0.15) is 12.4 Å². The van der Waals surface area contributed by atoms with E-state index in [1.165, 1.54) is 18.0 Å². The van der Waals surface area contributed by atoms with Gasteiger partial charge < -0.3 is 10.0 Å². The van der Waals surface area contributed by atoms with Crippen LogP contribution in [0.3, 0.4) is 0 Å². The van der Waals surface area contributed by atoms with E-state index in [1.807, 2.05) is 18.2 Å². The lowest BCUT2D eigenvalue weighted by Gasteiger charge is -2.29. The molecular weight excluding hydrogens is 322 g/mol. The maximum Gasteiger partial charge on any atom is 0.305 e. The summed E-state index contributed by atoms with van der Waals surface area (Å²) in [5.74, 6) is 0.362. The molecule has 0 saturated carbocycles. The van der Waals surface area contributed by atoms with Gasteiger partial charge in [0.2, 0.25) is 5.95 Å². The number of hydrogen-bond donors (Lipinski definition) is 1. The van der Waals surface area contributed by atoms with Crippen LogP contribution >= 0.6 is 0 Å². The molecule has 25 heavy (non-hydrogen) atoms. The molecule has 0 spiro atoms. The van der Waals surface area contributed by atoms with Crippen LogP contribution in [-0.4, -0.2) is 57.2 Å². The van der Waals surface area contributed by atoms with Crippen molar-refractivity contribution in [2.45, 2.75) is 18.6 Å². The minimum Gasteiger partial charge on any atom is -0.387 e. The molecule has 8 nitrogen and oxygen atoms in total. The van der Waals surface area contributed by atoms with Crippen molar-refractivity contribution in [1.82, 2.24) is 14.9 Å². The third-order valence-electron chi connectivity index (χ3n) is 4.37. The highest BCUT2D eigenvalue weighted by molar-refractivity contribution is 5.33. The average Bonchev–Trinajstić information content (AvgIpc) is 2.96. The van der Waals surface area contributed by atoms with Gasteiger partial charge in [0.15, 0.2) is 0 Å². The van der Waals surface area contributed by atoms with Gasteiger partial charge in [0.05, 0.1) is 17.1 Å². The van der Waals surface area contributed by atoms with Crippen molar-refractivity contribution in [2.24, 2.45) is 0 Å². The predicted molar refractivity (Wildman–Crippen MR) is 93.2 cm³/mol. The van der Waals surface area contributed by atoms with Crippen LogP contribution in [0.4, 0.5) is 11.6 Å². The molecule has 1 aliphatic heterocycles. The predicted octanol–water partition coefficient (Wildman–Crippen LogP) is 1.46. The molecule has 3 rings (SSSR count). The van der Waals surface area contributed by atoms with Crippen molar-refractivity contribution in [1.29, 1.82) is 0 Å². The van der Waals surface area contributed by atoms with E-state index in [1.54, 1.807) is 11.9 Å². The van der Waals surface area contributed by atoms with E-state index in [0.29, 0.717) is 25.5 Å². The summed E-state index contributed by atoms with van der Waals surface area (Å²) in [7, 11) is 1.78. The van der Waals surface area contributed by atoms with Crippen LogP contribution in [0.5, 0.6) is 0 Å². The number of anilines is 1. The Morgan fingerprint density at radius 3 is 2.64 bits per heavy atom. The van der Waals surface area contributed by atoms with E-state index in [4.69, 9.17) is 0 Å². The quantitative estimate of drug-likeness (QED) is 0.626. The van der Waals surface area contributed by atoms with Crippen molar-refractivity contribution in [3.8, 4) is 0 Å². The lowest BCUT2D eigenvalue weighted by molar-refractivity contribution is -0.385. The molecule has 1 N–H and O–H groups in total. The van der Waals surface area contributed by atoms with Gasteiger partial charge >= 0.3 is 5.69 Å². The first-order valence-electron chi connectivity index (χ1n) is 8.11. The third kappa shape index (κ3) is 4.28. The maximum atomic E-state index is 10.9. The van der Waals surface area contributed by atoms with Crippen molar-refractivity contribution in [3.05, 3.63) is 58.4 Å². The molecule has 8 heteroatoms. The smallest absolute Gasteiger partial charge is 0.305 e. The van der Waals surface area contributed by atoms with Gasteiger partial charge in [-0.2, -0.15) is 0 Å². The highest BCUT2D eigenvalue weighted by atomic mass is 16.6. The Hall–Kier alpha value is -2.58. The fraction of sp³-hybridized carbons (Fsp3) is 0.412. The van der Waals surface area contributed by atoms with Crippen molar-refractivity contribution >= 4 is 11.6 Å². The summed E-state index contributed by atoms with van der Waals surface area (Å²) in [4.78, 5) is 22.1. The Bertz CT molecular complexity index is 725. The van der Waals surface area contributed by atoms with E-state index < -0.39 is 10.5 Å². The fourth-order valence-corrected chi connectivity index (χ4v) is 3.16. The molecule has 0 amide bonds. The number of hydrogen-bond acceptors (Lipinski definition) is 7. The Kier molecular flexibility index (Phi) is 4.91. The van der Waals surface area contributed by atoms with E-state index in [9.17, 15) is 15.2 Å². The molecule has 2 aromatic rings. The van der Waals surface area contributed by atoms with Gasteiger partial charge in [0.25, 0.3) is 0 Å². The molecular formula is C17H21N5O3. The van der Waals surface area contributed by atoms with Crippen LogP contribution in [-0.2, 0) is 6.54 Å². The Morgan fingerprint density at radius 1 is 1.32 bits per heavy atom. The fourth-order valence-electron chi connectivity index (χ4n) is 3.16. The zero-order chi connectivity index (χ0) is 17.9. The van der Waals surface area contributed by atoms with Gasteiger partial charge in [0, 0.05) is 26.7 Å². The normalized spacial score (nSPS) is 20.6. The molecule has 1 atom stereocenters. The summed E-state index contributed by atoms with van der Waals surface area (Å²) in [6.07, 6.45) is 3.02. The largest absolute Gasteiger partial charge is 0.387 e. The molecule has 132 valence electrons. The molecule has 1 aliphatic rings.